The van der Waals surface area contributed by atoms with Gasteiger partial charge in [0.05, 0.1) is 11.5 Å². The minimum absolute atomic E-state index is 0.0283. The van der Waals surface area contributed by atoms with Gasteiger partial charge in [-0.2, -0.15) is 0 Å². The fourth-order valence-electron chi connectivity index (χ4n) is 1.82. The average molecular weight is 269 g/mol. The molecule has 0 aliphatic heterocycles. The van der Waals surface area contributed by atoms with E-state index in [1.54, 1.807) is 0 Å². The minimum Gasteiger partial charge on any atom is -0.396 e. The molecule has 2 N–H and O–H groups in total. The largest absolute Gasteiger partial charge is 0.396 e. The fourth-order valence-corrected chi connectivity index (χ4v) is 2.69. The van der Waals surface area contributed by atoms with Crippen molar-refractivity contribution in [2.45, 2.75) is 40.0 Å². The Morgan fingerprint density at radius 2 is 2.00 bits per heavy atom. The number of thiophene rings is 1. The summed E-state index contributed by atoms with van der Waals surface area (Å²) in [6.07, 6.45) is 2.69. The van der Waals surface area contributed by atoms with Crippen LogP contribution in [-0.4, -0.2) is 24.2 Å². The molecule has 0 aromatic carbocycles. The predicted octanol–water partition coefficient (Wildman–Crippen LogP) is 2.84. The summed E-state index contributed by atoms with van der Waals surface area (Å²) < 4.78 is 0. The number of carbonyl (C=O) groups is 1. The summed E-state index contributed by atoms with van der Waals surface area (Å²) in [5.74, 6) is -0.0283. The molecule has 0 radical (unpaired) electrons. The van der Waals surface area contributed by atoms with E-state index in [0.29, 0.717) is 6.54 Å². The van der Waals surface area contributed by atoms with Crippen LogP contribution in [0.2, 0.25) is 0 Å². The summed E-state index contributed by atoms with van der Waals surface area (Å²) in [4.78, 5) is 14.0. The van der Waals surface area contributed by atoms with Gasteiger partial charge in [-0.3, -0.25) is 4.79 Å². The number of aliphatic hydroxyl groups is 1. The first-order valence-electron chi connectivity index (χ1n) is 6.58. The maximum Gasteiger partial charge on any atom is 0.261 e. The average Bonchev–Trinajstić information content (AvgIpc) is 2.89. The SMILES string of the molecule is CCc1ccc(C(=O)NCC(CC)(CC)CO)s1. The second kappa shape index (κ2) is 6.90. The van der Waals surface area contributed by atoms with Gasteiger partial charge in [0.1, 0.15) is 0 Å². The van der Waals surface area contributed by atoms with Gasteiger partial charge < -0.3 is 10.4 Å². The zero-order chi connectivity index (χ0) is 13.6. The fraction of sp³-hybridized carbons (Fsp3) is 0.643. The summed E-state index contributed by atoms with van der Waals surface area (Å²) >= 11 is 1.54. The highest BCUT2D eigenvalue weighted by Crippen LogP contribution is 2.25. The molecule has 0 saturated carbocycles. The molecule has 0 fully saturated rings. The van der Waals surface area contributed by atoms with Crippen molar-refractivity contribution in [2.75, 3.05) is 13.2 Å². The summed E-state index contributed by atoms with van der Waals surface area (Å²) in [5, 5.41) is 12.4. The first-order valence-corrected chi connectivity index (χ1v) is 7.40. The lowest BCUT2D eigenvalue weighted by molar-refractivity contribution is 0.0854. The Balaban J connectivity index is 2.59. The van der Waals surface area contributed by atoms with Crippen molar-refractivity contribution in [3.05, 3.63) is 21.9 Å². The Labute approximate surface area is 113 Å². The number of aliphatic hydroxyl groups excluding tert-OH is 1. The van der Waals surface area contributed by atoms with Crippen LogP contribution in [0.4, 0.5) is 0 Å². The molecule has 1 amide bonds. The molecule has 0 unspecified atom stereocenters. The topological polar surface area (TPSA) is 49.3 Å². The number of aryl methyl sites for hydroxylation is 1. The van der Waals surface area contributed by atoms with Crippen molar-refractivity contribution in [1.29, 1.82) is 0 Å². The quantitative estimate of drug-likeness (QED) is 0.799. The second-order valence-corrected chi connectivity index (χ2v) is 5.84. The van der Waals surface area contributed by atoms with Crippen LogP contribution < -0.4 is 5.32 Å². The van der Waals surface area contributed by atoms with Gasteiger partial charge in [0.25, 0.3) is 5.91 Å². The van der Waals surface area contributed by atoms with E-state index in [-0.39, 0.29) is 17.9 Å². The van der Waals surface area contributed by atoms with Crippen LogP contribution >= 0.6 is 11.3 Å². The first-order chi connectivity index (χ1) is 8.60. The number of carbonyl (C=O) groups excluding carboxylic acids is 1. The van der Waals surface area contributed by atoms with E-state index >= 15 is 0 Å². The molecule has 0 aliphatic carbocycles. The van der Waals surface area contributed by atoms with Crippen molar-refractivity contribution >= 4 is 17.2 Å². The molecule has 4 heteroatoms. The summed E-state index contributed by atoms with van der Waals surface area (Å²) in [6.45, 7) is 6.83. The number of rotatable bonds is 7. The molecule has 3 nitrogen and oxygen atoms in total. The Morgan fingerprint density at radius 1 is 1.33 bits per heavy atom. The number of hydrogen-bond acceptors (Lipinski definition) is 3. The monoisotopic (exact) mass is 269 g/mol. The highest BCUT2D eigenvalue weighted by atomic mass is 32.1. The lowest BCUT2D eigenvalue weighted by Gasteiger charge is -2.29. The van der Waals surface area contributed by atoms with Crippen molar-refractivity contribution < 1.29 is 9.90 Å². The van der Waals surface area contributed by atoms with Crippen LogP contribution in [0, 0.1) is 5.41 Å². The lowest BCUT2D eigenvalue weighted by Crippen LogP contribution is -2.39. The van der Waals surface area contributed by atoms with E-state index in [1.807, 2.05) is 26.0 Å². The van der Waals surface area contributed by atoms with Gasteiger partial charge >= 0.3 is 0 Å². The van der Waals surface area contributed by atoms with Gasteiger partial charge in [-0.05, 0) is 31.4 Å². The molecule has 1 heterocycles. The van der Waals surface area contributed by atoms with E-state index in [0.717, 1.165) is 24.1 Å². The summed E-state index contributed by atoms with van der Waals surface area (Å²) in [6, 6.07) is 3.87. The number of amides is 1. The van der Waals surface area contributed by atoms with Crippen molar-refractivity contribution in [1.82, 2.24) is 5.32 Å². The van der Waals surface area contributed by atoms with Crippen molar-refractivity contribution in [3.63, 3.8) is 0 Å². The third-order valence-corrected chi connectivity index (χ3v) is 4.92. The van der Waals surface area contributed by atoms with Crippen molar-refractivity contribution in [3.8, 4) is 0 Å². The Bertz CT molecular complexity index is 375. The van der Waals surface area contributed by atoms with E-state index in [1.165, 1.54) is 16.2 Å². The standard InChI is InChI=1S/C14H23NO2S/c1-4-11-7-8-12(18-11)13(17)15-9-14(5-2,6-3)10-16/h7-8,16H,4-6,9-10H2,1-3H3,(H,15,17). The molecule has 1 rings (SSSR count). The lowest BCUT2D eigenvalue weighted by atomic mass is 9.83. The highest BCUT2D eigenvalue weighted by molar-refractivity contribution is 7.14. The van der Waals surface area contributed by atoms with Crippen LogP contribution in [0.1, 0.15) is 48.2 Å². The molecule has 1 aromatic rings. The molecule has 0 aliphatic rings. The van der Waals surface area contributed by atoms with Gasteiger partial charge in [-0.1, -0.05) is 20.8 Å². The van der Waals surface area contributed by atoms with Crippen LogP contribution in [0.3, 0.4) is 0 Å². The van der Waals surface area contributed by atoms with Gasteiger partial charge in [0.2, 0.25) is 0 Å². The second-order valence-electron chi connectivity index (χ2n) is 4.67. The summed E-state index contributed by atoms with van der Waals surface area (Å²) in [7, 11) is 0. The zero-order valence-corrected chi connectivity index (χ0v) is 12.3. The van der Waals surface area contributed by atoms with Crippen LogP contribution in [0.25, 0.3) is 0 Å². The van der Waals surface area contributed by atoms with Gasteiger partial charge in [-0.15, -0.1) is 11.3 Å². The molecule has 0 atom stereocenters. The van der Waals surface area contributed by atoms with E-state index < -0.39 is 0 Å². The number of hydrogen-bond donors (Lipinski definition) is 2. The molecule has 0 spiro atoms. The maximum absolute atomic E-state index is 12.0. The zero-order valence-electron chi connectivity index (χ0n) is 11.5. The van der Waals surface area contributed by atoms with E-state index in [4.69, 9.17) is 0 Å². The normalized spacial score (nSPS) is 11.6. The van der Waals surface area contributed by atoms with E-state index in [9.17, 15) is 9.90 Å². The smallest absolute Gasteiger partial charge is 0.261 e. The molecule has 0 saturated heterocycles. The van der Waals surface area contributed by atoms with Crippen molar-refractivity contribution in [2.24, 2.45) is 5.41 Å². The Kier molecular flexibility index (Phi) is 5.82. The third kappa shape index (κ3) is 3.56. The molecule has 18 heavy (non-hydrogen) atoms. The molecular weight excluding hydrogens is 246 g/mol. The van der Waals surface area contributed by atoms with Crippen LogP contribution in [0.5, 0.6) is 0 Å². The molecule has 102 valence electrons. The first kappa shape index (κ1) is 15.2. The molecule has 0 bridgehead atoms. The van der Waals surface area contributed by atoms with E-state index in [2.05, 4.69) is 12.2 Å². The van der Waals surface area contributed by atoms with Gasteiger partial charge in [0, 0.05) is 16.8 Å². The minimum atomic E-state index is -0.180. The third-order valence-electron chi connectivity index (χ3n) is 3.69. The van der Waals surface area contributed by atoms with Crippen LogP contribution in [-0.2, 0) is 6.42 Å². The van der Waals surface area contributed by atoms with Crippen LogP contribution in [0.15, 0.2) is 12.1 Å². The Hall–Kier alpha value is -0.870. The van der Waals surface area contributed by atoms with Gasteiger partial charge in [0.15, 0.2) is 0 Å². The number of nitrogens with one attached hydrogen (secondary N) is 1. The molecule has 1 aromatic heterocycles. The maximum atomic E-state index is 12.0. The highest BCUT2D eigenvalue weighted by Gasteiger charge is 2.26. The predicted molar refractivity (Wildman–Crippen MR) is 76.1 cm³/mol. The molecular formula is C14H23NO2S. The summed E-state index contributed by atoms with van der Waals surface area (Å²) in [5.41, 5.74) is -0.180. The Morgan fingerprint density at radius 3 is 2.44 bits per heavy atom. The van der Waals surface area contributed by atoms with Gasteiger partial charge in [-0.25, -0.2) is 0 Å².